The van der Waals surface area contributed by atoms with Crippen LogP contribution in [0.4, 0.5) is 0 Å². The SMILES string of the molecule is C[C@@H]1CCC[NH+](CCCc2ccccc2)C1. The van der Waals surface area contributed by atoms with E-state index in [1.165, 1.54) is 50.9 Å². The van der Waals surface area contributed by atoms with Crippen LogP contribution >= 0.6 is 0 Å². The maximum Gasteiger partial charge on any atom is 0.0796 e. The molecule has 2 atom stereocenters. The van der Waals surface area contributed by atoms with E-state index in [0.717, 1.165) is 5.92 Å². The van der Waals surface area contributed by atoms with Crippen LogP contribution < -0.4 is 4.90 Å². The van der Waals surface area contributed by atoms with Crippen molar-refractivity contribution in [1.29, 1.82) is 0 Å². The molecule has 0 spiro atoms. The van der Waals surface area contributed by atoms with E-state index in [2.05, 4.69) is 37.3 Å². The first-order valence-electron chi connectivity index (χ1n) is 6.72. The number of piperidine rings is 1. The summed E-state index contributed by atoms with van der Waals surface area (Å²) >= 11 is 0. The maximum atomic E-state index is 2.40. The van der Waals surface area contributed by atoms with Crippen LogP contribution in [0.3, 0.4) is 0 Å². The Morgan fingerprint density at radius 2 is 2.06 bits per heavy atom. The van der Waals surface area contributed by atoms with Crippen LogP contribution in [0.1, 0.15) is 31.7 Å². The van der Waals surface area contributed by atoms with E-state index < -0.39 is 0 Å². The Hall–Kier alpha value is -0.820. The average molecular weight is 218 g/mol. The number of likely N-dealkylation sites (tertiary alicyclic amines) is 1. The Morgan fingerprint density at radius 1 is 1.25 bits per heavy atom. The zero-order valence-corrected chi connectivity index (χ0v) is 10.4. The normalized spacial score (nSPS) is 25.6. The van der Waals surface area contributed by atoms with Crippen LogP contribution in [0.15, 0.2) is 30.3 Å². The Balaban J connectivity index is 1.68. The molecule has 1 fully saturated rings. The highest BCUT2D eigenvalue weighted by molar-refractivity contribution is 5.14. The van der Waals surface area contributed by atoms with E-state index >= 15 is 0 Å². The van der Waals surface area contributed by atoms with Gasteiger partial charge in [0.2, 0.25) is 0 Å². The summed E-state index contributed by atoms with van der Waals surface area (Å²) in [6.45, 7) is 6.56. The fraction of sp³-hybridized carbons (Fsp3) is 0.600. The van der Waals surface area contributed by atoms with Gasteiger partial charge in [0.25, 0.3) is 0 Å². The minimum absolute atomic E-state index is 0.945. The average Bonchev–Trinajstić information content (AvgIpc) is 2.30. The predicted octanol–water partition coefficient (Wildman–Crippen LogP) is 1.93. The van der Waals surface area contributed by atoms with Gasteiger partial charge in [-0.1, -0.05) is 37.3 Å². The minimum Gasteiger partial charge on any atom is -0.335 e. The molecular formula is C15H24N+. The van der Waals surface area contributed by atoms with Crippen LogP contribution in [-0.2, 0) is 6.42 Å². The summed E-state index contributed by atoms with van der Waals surface area (Å²) in [7, 11) is 0. The van der Waals surface area contributed by atoms with E-state index in [9.17, 15) is 0 Å². The monoisotopic (exact) mass is 218 g/mol. The van der Waals surface area contributed by atoms with Gasteiger partial charge in [-0.3, -0.25) is 0 Å². The number of hydrogen-bond acceptors (Lipinski definition) is 0. The van der Waals surface area contributed by atoms with Gasteiger partial charge in [-0.2, -0.15) is 0 Å². The van der Waals surface area contributed by atoms with Gasteiger partial charge in [0.1, 0.15) is 0 Å². The summed E-state index contributed by atoms with van der Waals surface area (Å²) in [6, 6.07) is 10.9. The van der Waals surface area contributed by atoms with E-state index in [0.29, 0.717) is 0 Å². The van der Waals surface area contributed by atoms with E-state index in [1.807, 2.05) is 4.90 Å². The molecule has 0 saturated carbocycles. The van der Waals surface area contributed by atoms with E-state index in [-0.39, 0.29) is 0 Å². The van der Waals surface area contributed by atoms with Gasteiger partial charge in [-0.05, 0) is 24.8 Å². The topological polar surface area (TPSA) is 4.44 Å². The molecular weight excluding hydrogens is 194 g/mol. The van der Waals surface area contributed by atoms with Gasteiger partial charge in [-0.15, -0.1) is 0 Å². The zero-order chi connectivity index (χ0) is 11.2. The second kappa shape index (κ2) is 6.05. The smallest absolute Gasteiger partial charge is 0.0796 e. The second-order valence-corrected chi connectivity index (χ2v) is 5.29. The van der Waals surface area contributed by atoms with Crippen molar-refractivity contribution in [2.24, 2.45) is 5.92 Å². The molecule has 16 heavy (non-hydrogen) atoms. The standard InChI is InChI=1S/C15H23N/c1-14-7-5-11-16(13-14)12-6-10-15-8-3-2-4-9-15/h2-4,8-9,14H,5-7,10-13H2,1H3/p+1/t14-/m1/s1. The molecule has 1 aromatic carbocycles. The Bertz CT molecular complexity index is 294. The summed E-state index contributed by atoms with van der Waals surface area (Å²) in [5, 5.41) is 0. The third-order valence-corrected chi connectivity index (χ3v) is 3.70. The van der Waals surface area contributed by atoms with Crippen molar-refractivity contribution in [1.82, 2.24) is 0 Å². The minimum atomic E-state index is 0.945. The molecule has 0 bridgehead atoms. The van der Waals surface area contributed by atoms with Crippen LogP contribution in [0, 0.1) is 5.92 Å². The molecule has 1 aliphatic rings. The number of nitrogens with one attached hydrogen (secondary N) is 1. The first-order chi connectivity index (χ1) is 7.84. The molecule has 0 aliphatic carbocycles. The highest BCUT2D eigenvalue weighted by Crippen LogP contribution is 2.05. The number of benzene rings is 1. The third-order valence-electron chi connectivity index (χ3n) is 3.70. The predicted molar refractivity (Wildman–Crippen MR) is 68.7 cm³/mol. The third kappa shape index (κ3) is 3.64. The molecule has 1 heteroatoms. The summed E-state index contributed by atoms with van der Waals surface area (Å²) in [6.07, 6.45) is 5.47. The van der Waals surface area contributed by atoms with Gasteiger partial charge >= 0.3 is 0 Å². The molecule has 1 heterocycles. The van der Waals surface area contributed by atoms with Gasteiger partial charge in [0, 0.05) is 12.3 Å². The molecule has 0 radical (unpaired) electrons. The lowest BCUT2D eigenvalue weighted by atomic mass is 10.00. The summed E-state index contributed by atoms with van der Waals surface area (Å²) in [4.78, 5) is 1.83. The molecule has 1 saturated heterocycles. The van der Waals surface area contributed by atoms with Crippen molar-refractivity contribution < 1.29 is 4.90 Å². The second-order valence-electron chi connectivity index (χ2n) is 5.29. The van der Waals surface area contributed by atoms with Gasteiger partial charge in [0.15, 0.2) is 0 Å². The lowest BCUT2D eigenvalue weighted by Crippen LogP contribution is -3.13. The lowest BCUT2D eigenvalue weighted by molar-refractivity contribution is -0.908. The molecule has 1 unspecified atom stereocenters. The van der Waals surface area contributed by atoms with Crippen molar-refractivity contribution in [3.8, 4) is 0 Å². The zero-order valence-electron chi connectivity index (χ0n) is 10.4. The molecule has 1 aliphatic heterocycles. The molecule has 0 amide bonds. The maximum absolute atomic E-state index is 2.40. The largest absolute Gasteiger partial charge is 0.335 e. The molecule has 1 nitrogen and oxygen atoms in total. The van der Waals surface area contributed by atoms with Crippen LogP contribution in [0.5, 0.6) is 0 Å². The molecule has 1 aromatic rings. The number of aryl methyl sites for hydroxylation is 1. The molecule has 88 valence electrons. The Kier molecular flexibility index (Phi) is 4.41. The first-order valence-corrected chi connectivity index (χ1v) is 6.72. The highest BCUT2D eigenvalue weighted by atomic mass is 15.1. The van der Waals surface area contributed by atoms with Gasteiger partial charge < -0.3 is 4.90 Å². The van der Waals surface area contributed by atoms with Gasteiger partial charge in [-0.25, -0.2) is 0 Å². The van der Waals surface area contributed by atoms with E-state index in [1.54, 1.807) is 0 Å². The first kappa shape index (κ1) is 11.7. The number of hydrogen-bond donors (Lipinski definition) is 1. The van der Waals surface area contributed by atoms with Crippen molar-refractivity contribution in [3.63, 3.8) is 0 Å². The Labute approximate surface area is 99.5 Å². The lowest BCUT2D eigenvalue weighted by Gasteiger charge is -2.27. The summed E-state index contributed by atoms with van der Waals surface area (Å²) in [5.41, 5.74) is 1.49. The Morgan fingerprint density at radius 3 is 2.81 bits per heavy atom. The summed E-state index contributed by atoms with van der Waals surface area (Å²) < 4.78 is 0. The fourth-order valence-electron chi connectivity index (χ4n) is 2.81. The van der Waals surface area contributed by atoms with Gasteiger partial charge in [0.05, 0.1) is 19.6 Å². The summed E-state index contributed by atoms with van der Waals surface area (Å²) in [5.74, 6) is 0.945. The van der Waals surface area contributed by atoms with Crippen molar-refractivity contribution in [2.45, 2.75) is 32.6 Å². The van der Waals surface area contributed by atoms with E-state index in [4.69, 9.17) is 0 Å². The highest BCUT2D eigenvalue weighted by Gasteiger charge is 2.18. The fourth-order valence-corrected chi connectivity index (χ4v) is 2.81. The van der Waals surface area contributed by atoms with Crippen molar-refractivity contribution >= 4 is 0 Å². The number of rotatable bonds is 4. The van der Waals surface area contributed by atoms with Crippen LogP contribution in [0.25, 0.3) is 0 Å². The number of quaternary nitrogens is 1. The molecule has 2 rings (SSSR count). The van der Waals surface area contributed by atoms with Crippen LogP contribution in [-0.4, -0.2) is 19.6 Å². The van der Waals surface area contributed by atoms with Crippen LogP contribution in [0.2, 0.25) is 0 Å². The molecule has 1 N–H and O–H groups in total. The van der Waals surface area contributed by atoms with Crippen molar-refractivity contribution in [3.05, 3.63) is 35.9 Å². The van der Waals surface area contributed by atoms with Crippen molar-refractivity contribution in [2.75, 3.05) is 19.6 Å². The quantitative estimate of drug-likeness (QED) is 0.788. The molecule has 0 aromatic heterocycles.